The van der Waals surface area contributed by atoms with Gasteiger partial charge in [-0.2, -0.15) is 0 Å². The van der Waals surface area contributed by atoms with Crippen LogP contribution in [0.5, 0.6) is 0 Å². The van der Waals surface area contributed by atoms with Gasteiger partial charge in [0, 0.05) is 45.7 Å². The smallest absolute Gasteiger partial charge is 0.0430 e. The number of unbranched alkanes of at least 4 members (excludes halogenated alkanes) is 3. The van der Waals surface area contributed by atoms with Crippen molar-refractivity contribution in [1.29, 1.82) is 0 Å². The molecule has 0 atom stereocenters. The fraction of sp³-hybridized carbons (Fsp3) is 0.938. The van der Waals surface area contributed by atoms with Gasteiger partial charge in [-0.3, -0.25) is 0 Å². The molecule has 0 aromatic rings. The normalized spacial score (nSPS) is 8.86. The van der Waals surface area contributed by atoms with Gasteiger partial charge in [0.1, 0.15) is 0 Å². The summed E-state index contributed by atoms with van der Waals surface area (Å²) < 4.78 is 0. The molecule has 0 fully saturated rings. The Kier molecular flexibility index (Phi) is 52.4. The minimum absolute atomic E-state index is 0. The second-order valence-corrected chi connectivity index (χ2v) is 10.9. The maximum Gasteiger partial charge on any atom is 0.0430 e. The largest absolute Gasteiger partial charge is 0.396 e. The molecule has 0 aliphatic heterocycles. The summed E-state index contributed by atoms with van der Waals surface area (Å²) in [4.78, 5) is 0. The molecule has 0 amide bonds. The first-order chi connectivity index (χ1) is 9.24. The Morgan fingerprint density at radius 1 is 0.667 bits per heavy atom. The van der Waals surface area contributed by atoms with Crippen molar-refractivity contribution < 1.29 is 41.2 Å². The maximum atomic E-state index is 8.07. The second kappa shape index (κ2) is 32.8. The van der Waals surface area contributed by atoms with Crippen LogP contribution in [0.25, 0.3) is 0 Å². The zero-order valence-corrected chi connectivity index (χ0v) is 20.0. The van der Waals surface area contributed by atoms with E-state index in [1.54, 1.807) is 0 Å². The van der Waals surface area contributed by atoms with Crippen molar-refractivity contribution in [3.05, 3.63) is 6.55 Å². The van der Waals surface area contributed by atoms with Gasteiger partial charge < -0.3 is 21.9 Å². The van der Waals surface area contributed by atoms with Crippen LogP contribution < -0.4 is 0 Å². The van der Waals surface area contributed by atoms with Crippen LogP contribution in [0, 0.1) is 6.55 Å². The zero-order chi connectivity index (χ0) is 16.9. The van der Waals surface area contributed by atoms with Crippen molar-refractivity contribution in [2.24, 2.45) is 0 Å². The second-order valence-electron chi connectivity index (χ2n) is 5.79. The summed E-state index contributed by atoms with van der Waals surface area (Å²) in [6.07, 6.45) is 6.11. The fourth-order valence-electron chi connectivity index (χ4n) is 0.474. The van der Waals surface area contributed by atoms with Crippen molar-refractivity contribution in [3.63, 3.8) is 0 Å². The average molecular weight is 488 g/mol. The van der Waals surface area contributed by atoms with Gasteiger partial charge in [0.15, 0.2) is 0 Å². The molecule has 3 nitrogen and oxygen atoms in total. The number of aliphatic hydroxyl groups is 3. The predicted octanol–water partition coefficient (Wildman–Crippen LogP) is 4.03. The topological polar surface area (TPSA) is 60.7 Å². The number of hydrogen-bond acceptors (Lipinski definition) is 3. The molecule has 0 rings (SSSR count). The minimum atomic E-state index is -0.861. The predicted molar refractivity (Wildman–Crippen MR) is 94.7 cm³/mol. The Morgan fingerprint density at radius 3 is 0.810 bits per heavy atom. The fourth-order valence-corrected chi connectivity index (χ4v) is 0.474. The molecule has 0 aliphatic rings. The van der Waals surface area contributed by atoms with E-state index in [1.165, 1.54) is 0 Å². The monoisotopic (exact) mass is 489 g/mol. The Bertz CT molecular complexity index is 105. The van der Waals surface area contributed by atoms with Crippen LogP contribution in [0.4, 0.5) is 0 Å². The summed E-state index contributed by atoms with van der Waals surface area (Å²) in [5.74, 6) is 0. The third-order valence-corrected chi connectivity index (χ3v) is 1.54. The van der Waals surface area contributed by atoms with E-state index in [1.807, 2.05) is 0 Å². The first-order valence-electron chi connectivity index (χ1n) is 7.92. The molecule has 0 saturated heterocycles. The van der Waals surface area contributed by atoms with Crippen LogP contribution in [0.1, 0.15) is 59.3 Å². The van der Waals surface area contributed by atoms with E-state index in [2.05, 4.69) is 47.0 Å². The van der Waals surface area contributed by atoms with Gasteiger partial charge in [0.05, 0.1) is 0 Å². The van der Waals surface area contributed by atoms with E-state index in [4.69, 9.17) is 15.3 Å². The molecule has 3 N–H and O–H groups in total. The summed E-state index contributed by atoms with van der Waals surface area (Å²) in [5, 5.41) is 24.2. The van der Waals surface area contributed by atoms with Crippen molar-refractivity contribution in [2.75, 3.05) is 19.8 Å². The molecule has 0 heterocycles. The van der Waals surface area contributed by atoms with E-state index < -0.39 is 8.07 Å². The molecule has 0 aromatic heterocycles. The number of rotatable bonds is 6. The van der Waals surface area contributed by atoms with Crippen LogP contribution in [0.3, 0.4) is 0 Å². The molecule has 0 aromatic carbocycles. The molecular weight excluding hydrogens is 447 g/mol. The number of hydrogen-bond donors (Lipinski definition) is 3. The molecule has 21 heavy (non-hydrogen) atoms. The third-order valence-electron chi connectivity index (χ3n) is 1.54. The van der Waals surface area contributed by atoms with Crippen LogP contribution >= 0.6 is 0 Å². The average Bonchev–Trinajstić information content (AvgIpc) is 2.31. The molecule has 0 saturated carbocycles. The van der Waals surface area contributed by atoms with Crippen molar-refractivity contribution in [1.82, 2.24) is 0 Å². The summed E-state index contributed by atoms with van der Waals surface area (Å²) in [6, 6.07) is 0. The maximum absolute atomic E-state index is 8.07. The molecular formula is C16H41HfO3Si-. The van der Waals surface area contributed by atoms with E-state index in [9.17, 15) is 0 Å². The van der Waals surface area contributed by atoms with Gasteiger partial charge in [-0.25, -0.2) is 0 Å². The Hall–Kier alpha value is 0.967. The molecule has 0 unspecified atom stereocenters. The Morgan fingerprint density at radius 2 is 0.810 bits per heavy atom. The van der Waals surface area contributed by atoms with Crippen LogP contribution in [-0.2, 0) is 25.8 Å². The third kappa shape index (κ3) is 155. The van der Waals surface area contributed by atoms with E-state index in [0.717, 1.165) is 38.5 Å². The summed E-state index contributed by atoms with van der Waals surface area (Å²) in [5.41, 5.74) is 0. The Labute approximate surface area is 154 Å². The van der Waals surface area contributed by atoms with Crippen molar-refractivity contribution in [2.45, 2.75) is 78.9 Å². The van der Waals surface area contributed by atoms with E-state index in [0.29, 0.717) is 19.8 Å². The van der Waals surface area contributed by atoms with Crippen molar-refractivity contribution in [3.8, 4) is 0 Å². The number of aliphatic hydroxyl groups excluding tert-OH is 3. The quantitative estimate of drug-likeness (QED) is 0.391. The minimum Gasteiger partial charge on any atom is -0.396 e. The summed E-state index contributed by atoms with van der Waals surface area (Å²) >= 11 is 0. The first-order valence-corrected chi connectivity index (χ1v) is 11.6. The zero-order valence-electron chi connectivity index (χ0n) is 15.4. The van der Waals surface area contributed by atoms with Crippen LogP contribution in [0.15, 0.2) is 0 Å². The van der Waals surface area contributed by atoms with Gasteiger partial charge in [-0.05, 0) is 19.3 Å². The SMILES string of the molecule is CCCCO.CCCCO.CCCCO.[CH2-][Si](C)(C)C.[Hf]. The standard InChI is InChI=1S/3C4H10O.C4H11Si.Hf/c3*1-2-3-4-5;1-5(2,3)4;/h3*5H,2-4H2,1H3;1H2,2-4H3;/q;;;-1;. The Balaban J connectivity index is -0.0000000533. The molecule has 0 bridgehead atoms. The van der Waals surface area contributed by atoms with E-state index in [-0.39, 0.29) is 25.8 Å². The summed E-state index contributed by atoms with van der Waals surface area (Å²) in [7, 11) is -0.861. The van der Waals surface area contributed by atoms with Crippen molar-refractivity contribution >= 4 is 8.07 Å². The van der Waals surface area contributed by atoms with Gasteiger partial charge in [0.2, 0.25) is 0 Å². The van der Waals surface area contributed by atoms with E-state index >= 15 is 0 Å². The molecule has 0 spiro atoms. The van der Waals surface area contributed by atoms with Gasteiger partial charge in [0.25, 0.3) is 0 Å². The van der Waals surface area contributed by atoms with Crippen LogP contribution in [-0.4, -0.2) is 43.2 Å². The first kappa shape index (κ1) is 33.5. The van der Waals surface area contributed by atoms with Gasteiger partial charge >= 0.3 is 0 Å². The molecule has 0 radical (unpaired) electrons. The summed E-state index contributed by atoms with van der Waals surface area (Å²) in [6.45, 7) is 17.7. The molecule has 132 valence electrons. The molecule has 0 aliphatic carbocycles. The van der Waals surface area contributed by atoms with Crippen LogP contribution in [0.2, 0.25) is 19.6 Å². The van der Waals surface area contributed by atoms with Gasteiger partial charge in [-0.15, -0.1) is 8.07 Å². The molecule has 5 heteroatoms. The van der Waals surface area contributed by atoms with Gasteiger partial charge in [-0.1, -0.05) is 59.7 Å².